The Morgan fingerprint density at radius 2 is 1.95 bits per heavy atom. The third-order valence-electron chi connectivity index (χ3n) is 3.03. The van der Waals surface area contributed by atoms with Crippen LogP contribution in [0.4, 0.5) is 15.9 Å². The molecule has 5 heteroatoms. The summed E-state index contributed by atoms with van der Waals surface area (Å²) in [6.45, 7) is 0. The van der Waals surface area contributed by atoms with E-state index in [-0.39, 0.29) is 5.82 Å². The van der Waals surface area contributed by atoms with E-state index in [1.165, 1.54) is 6.07 Å². The first kappa shape index (κ1) is 13.5. The van der Waals surface area contributed by atoms with E-state index in [4.69, 9.17) is 0 Å². The summed E-state index contributed by atoms with van der Waals surface area (Å²) in [6, 6.07) is 15.9. The van der Waals surface area contributed by atoms with E-state index in [1.807, 2.05) is 24.3 Å². The molecular weight excluding hydrogens is 333 g/mol. The molecule has 0 aliphatic carbocycles. The van der Waals surface area contributed by atoms with Crippen LogP contribution in [0.2, 0.25) is 0 Å². The molecule has 0 aliphatic rings. The highest BCUT2D eigenvalue weighted by Gasteiger charge is 2.06. The highest BCUT2D eigenvalue weighted by Crippen LogP contribution is 2.25. The molecule has 0 bridgehead atoms. The van der Waals surface area contributed by atoms with Crippen molar-refractivity contribution in [2.24, 2.45) is 0 Å². The molecule has 0 atom stereocenters. The quantitative estimate of drug-likeness (QED) is 0.731. The summed E-state index contributed by atoms with van der Waals surface area (Å²) in [5.41, 5.74) is 1.97. The van der Waals surface area contributed by atoms with Crippen LogP contribution in [0.25, 0.3) is 10.9 Å². The van der Waals surface area contributed by atoms with Crippen LogP contribution in [0.5, 0.6) is 0 Å². The number of benzene rings is 2. The molecule has 0 unspecified atom stereocenters. The standard InChI is InChI=1S/C16H9BrFN3/c17-13-8-11(5-6-14(13)18)20-16-7-10(9-19)12-3-1-2-4-15(12)21-16/h1-8H,(H,20,21). The zero-order valence-corrected chi connectivity index (χ0v) is 12.4. The van der Waals surface area contributed by atoms with Gasteiger partial charge in [-0.1, -0.05) is 18.2 Å². The second-order valence-corrected chi connectivity index (χ2v) is 5.29. The second-order valence-electron chi connectivity index (χ2n) is 4.44. The molecule has 0 amide bonds. The number of anilines is 2. The van der Waals surface area contributed by atoms with E-state index in [0.717, 1.165) is 10.9 Å². The van der Waals surface area contributed by atoms with Crippen LogP contribution in [0.15, 0.2) is 53.0 Å². The van der Waals surface area contributed by atoms with Gasteiger partial charge in [0.1, 0.15) is 11.6 Å². The van der Waals surface area contributed by atoms with Crippen LogP contribution in [-0.2, 0) is 0 Å². The molecule has 1 heterocycles. The molecule has 0 aliphatic heterocycles. The van der Waals surface area contributed by atoms with Gasteiger partial charge in [-0.2, -0.15) is 5.26 Å². The third kappa shape index (κ3) is 2.71. The Balaban J connectivity index is 2.04. The SMILES string of the molecule is N#Cc1cc(Nc2ccc(F)c(Br)c2)nc2ccccc12. The van der Waals surface area contributed by atoms with Crippen molar-refractivity contribution in [1.29, 1.82) is 5.26 Å². The van der Waals surface area contributed by atoms with Crippen molar-refractivity contribution in [3.63, 3.8) is 0 Å². The maximum absolute atomic E-state index is 13.2. The first-order chi connectivity index (χ1) is 10.2. The minimum atomic E-state index is -0.329. The Morgan fingerprint density at radius 1 is 1.14 bits per heavy atom. The number of para-hydroxylation sites is 1. The second kappa shape index (κ2) is 5.51. The van der Waals surface area contributed by atoms with Gasteiger partial charge in [-0.25, -0.2) is 9.37 Å². The lowest BCUT2D eigenvalue weighted by Crippen LogP contribution is -1.96. The minimum absolute atomic E-state index is 0.329. The van der Waals surface area contributed by atoms with Gasteiger partial charge in [0.25, 0.3) is 0 Å². The number of nitrogens with zero attached hydrogens (tertiary/aromatic N) is 2. The van der Waals surface area contributed by atoms with Crippen molar-refractivity contribution in [1.82, 2.24) is 4.98 Å². The Bertz CT molecular complexity index is 871. The summed E-state index contributed by atoms with van der Waals surface area (Å²) in [6.07, 6.45) is 0. The maximum atomic E-state index is 13.2. The molecule has 1 N–H and O–H groups in total. The molecule has 0 fully saturated rings. The van der Waals surface area contributed by atoms with Gasteiger partial charge in [0.05, 0.1) is 21.6 Å². The summed E-state index contributed by atoms with van der Waals surface area (Å²) < 4.78 is 13.6. The van der Waals surface area contributed by atoms with Crippen molar-refractivity contribution in [3.05, 3.63) is 64.4 Å². The van der Waals surface area contributed by atoms with Crippen molar-refractivity contribution >= 4 is 38.3 Å². The highest BCUT2D eigenvalue weighted by molar-refractivity contribution is 9.10. The van der Waals surface area contributed by atoms with Crippen molar-refractivity contribution in [2.45, 2.75) is 0 Å². The van der Waals surface area contributed by atoms with Gasteiger partial charge in [-0.05, 0) is 46.3 Å². The van der Waals surface area contributed by atoms with Crippen molar-refractivity contribution < 1.29 is 4.39 Å². The number of hydrogen-bond donors (Lipinski definition) is 1. The van der Waals surface area contributed by atoms with Crippen molar-refractivity contribution in [3.8, 4) is 6.07 Å². The van der Waals surface area contributed by atoms with E-state index in [2.05, 4.69) is 32.3 Å². The molecule has 3 aromatic rings. The largest absolute Gasteiger partial charge is 0.340 e. The number of rotatable bonds is 2. The zero-order valence-electron chi connectivity index (χ0n) is 10.8. The molecule has 0 radical (unpaired) electrons. The normalized spacial score (nSPS) is 10.3. The lowest BCUT2D eigenvalue weighted by Gasteiger charge is -2.08. The molecule has 0 saturated carbocycles. The van der Waals surface area contributed by atoms with Gasteiger partial charge in [-0.15, -0.1) is 0 Å². The molecule has 3 rings (SSSR count). The highest BCUT2D eigenvalue weighted by atomic mass is 79.9. The van der Waals surface area contributed by atoms with Crippen molar-refractivity contribution in [2.75, 3.05) is 5.32 Å². The Morgan fingerprint density at radius 3 is 2.71 bits per heavy atom. The van der Waals surface area contributed by atoms with Crippen LogP contribution >= 0.6 is 15.9 Å². The number of nitriles is 1. The van der Waals surface area contributed by atoms with Crippen LogP contribution < -0.4 is 5.32 Å². The van der Waals surface area contributed by atoms with Gasteiger partial charge in [0.15, 0.2) is 0 Å². The smallest absolute Gasteiger partial charge is 0.137 e. The Kier molecular flexibility index (Phi) is 3.55. The predicted molar refractivity (Wildman–Crippen MR) is 83.8 cm³/mol. The van der Waals surface area contributed by atoms with Crippen LogP contribution in [0, 0.1) is 17.1 Å². The minimum Gasteiger partial charge on any atom is -0.340 e. The first-order valence-electron chi connectivity index (χ1n) is 6.19. The molecular formula is C16H9BrFN3. The summed E-state index contributed by atoms with van der Waals surface area (Å²) >= 11 is 3.14. The van der Waals surface area contributed by atoms with E-state index in [9.17, 15) is 9.65 Å². The number of hydrogen-bond acceptors (Lipinski definition) is 3. The van der Waals surface area contributed by atoms with Gasteiger partial charge in [0, 0.05) is 11.1 Å². The molecule has 21 heavy (non-hydrogen) atoms. The number of pyridine rings is 1. The summed E-state index contributed by atoms with van der Waals surface area (Å²) in [4.78, 5) is 4.46. The maximum Gasteiger partial charge on any atom is 0.137 e. The monoisotopic (exact) mass is 341 g/mol. The van der Waals surface area contributed by atoms with Crippen LogP contribution in [-0.4, -0.2) is 4.98 Å². The molecule has 0 spiro atoms. The number of aromatic nitrogens is 1. The number of fused-ring (bicyclic) bond motifs is 1. The van der Waals surface area contributed by atoms with E-state index in [0.29, 0.717) is 21.5 Å². The summed E-state index contributed by atoms with van der Waals surface area (Å²) in [5.74, 6) is 0.216. The fraction of sp³-hybridized carbons (Fsp3) is 0. The van der Waals surface area contributed by atoms with Gasteiger partial charge in [0.2, 0.25) is 0 Å². The third-order valence-corrected chi connectivity index (χ3v) is 3.64. The number of nitrogens with one attached hydrogen (secondary N) is 1. The van der Waals surface area contributed by atoms with E-state index in [1.54, 1.807) is 18.2 Å². The Labute approximate surface area is 129 Å². The van der Waals surface area contributed by atoms with E-state index >= 15 is 0 Å². The molecule has 1 aromatic heterocycles. The average Bonchev–Trinajstić information content (AvgIpc) is 2.50. The number of halogens is 2. The Hall–Kier alpha value is -2.45. The molecule has 102 valence electrons. The summed E-state index contributed by atoms with van der Waals surface area (Å²) in [7, 11) is 0. The first-order valence-corrected chi connectivity index (χ1v) is 6.98. The molecule has 2 aromatic carbocycles. The van der Waals surface area contributed by atoms with Gasteiger partial charge >= 0.3 is 0 Å². The molecule has 3 nitrogen and oxygen atoms in total. The average molecular weight is 342 g/mol. The predicted octanol–water partition coefficient (Wildman–Crippen LogP) is 4.75. The van der Waals surface area contributed by atoms with Gasteiger partial charge < -0.3 is 5.32 Å². The lowest BCUT2D eigenvalue weighted by molar-refractivity contribution is 0.621. The summed E-state index contributed by atoms with van der Waals surface area (Å²) in [5, 5.41) is 13.1. The van der Waals surface area contributed by atoms with E-state index < -0.39 is 0 Å². The lowest BCUT2D eigenvalue weighted by atomic mass is 10.1. The topological polar surface area (TPSA) is 48.7 Å². The fourth-order valence-corrected chi connectivity index (χ4v) is 2.43. The fourth-order valence-electron chi connectivity index (χ4n) is 2.05. The zero-order chi connectivity index (χ0) is 14.8. The van der Waals surface area contributed by atoms with Crippen LogP contribution in [0.1, 0.15) is 5.56 Å². The van der Waals surface area contributed by atoms with Gasteiger partial charge in [-0.3, -0.25) is 0 Å². The van der Waals surface area contributed by atoms with Crippen LogP contribution in [0.3, 0.4) is 0 Å². The molecule has 0 saturated heterocycles.